The van der Waals surface area contributed by atoms with Crippen LogP contribution in [0.3, 0.4) is 0 Å². The Morgan fingerprint density at radius 3 is 2.70 bits per heavy atom. The summed E-state index contributed by atoms with van der Waals surface area (Å²) < 4.78 is 15.6. The molecular formula is C23H24FN3O2S. The van der Waals surface area contributed by atoms with Crippen molar-refractivity contribution in [3.8, 4) is 0 Å². The van der Waals surface area contributed by atoms with Crippen LogP contribution in [-0.2, 0) is 4.79 Å². The maximum atomic E-state index is 13.8. The van der Waals surface area contributed by atoms with Crippen LogP contribution in [-0.4, -0.2) is 20.7 Å². The molecule has 0 aliphatic heterocycles. The summed E-state index contributed by atoms with van der Waals surface area (Å²) in [6.45, 7) is 3.44. The summed E-state index contributed by atoms with van der Waals surface area (Å²) >= 11 is 1.27. The Morgan fingerprint density at radius 2 is 1.97 bits per heavy atom. The van der Waals surface area contributed by atoms with Crippen LogP contribution in [0.1, 0.15) is 44.2 Å². The minimum atomic E-state index is -0.505. The van der Waals surface area contributed by atoms with Crippen LogP contribution in [0.15, 0.2) is 52.4 Å². The Hall–Kier alpha value is -2.67. The van der Waals surface area contributed by atoms with Crippen LogP contribution in [0.4, 0.5) is 10.1 Å². The minimum Gasteiger partial charge on any atom is -0.325 e. The van der Waals surface area contributed by atoms with E-state index in [1.54, 1.807) is 36.6 Å². The van der Waals surface area contributed by atoms with Crippen LogP contribution in [0.5, 0.6) is 0 Å². The number of hydrogen-bond donors (Lipinski definition) is 1. The van der Waals surface area contributed by atoms with E-state index in [4.69, 9.17) is 4.98 Å². The number of aromatic nitrogens is 2. The molecule has 5 nitrogen and oxygen atoms in total. The van der Waals surface area contributed by atoms with Crippen molar-refractivity contribution in [3.63, 3.8) is 0 Å². The average Bonchev–Trinajstić information content (AvgIpc) is 3.25. The maximum Gasteiger partial charge on any atom is 0.262 e. The van der Waals surface area contributed by atoms with Gasteiger partial charge in [-0.2, -0.15) is 0 Å². The highest BCUT2D eigenvalue weighted by Gasteiger charge is 2.25. The number of para-hydroxylation sites is 1. The first-order chi connectivity index (χ1) is 14.4. The number of nitrogens with zero attached hydrogens (tertiary/aromatic N) is 2. The lowest BCUT2D eigenvalue weighted by atomic mass is 10.2. The lowest BCUT2D eigenvalue weighted by Gasteiger charge is -2.20. The van der Waals surface area contributed by atoms with E-state index in [-0.39, 0.29) is 23.3 Å². The molecule has 4 rings (SSSR count). The molecule has 1 aromatic heterocycles. The molecule has 0 spiro atoms. The molecule has 156 valence electrons. The standard InChI is InChI=1S/C23H24FN3O2S/c1-14-11-12-16(13-19(14)24)25-21(28)15(2)30-23-26-20-10-6-5-9-18(20)22(29)27(23)17-7-3-4-8-17/h5-6,9-13,15,17H,3-4,7-8H2,1-2H3,(H,25,28). The number of fused-ring (bicyclic) bond motifs is 1. The molecule has 0 saturated heterocycles. The molecule has 1 aliphatic carbocycles. The van der Waals surface area contributed by atoms with Crippen LogP contribution in [0, 0.1) is 12.7 Å². The number of aryl methyl sites for hydroxylation is 1. The molecule has 3 aromatic rings. The van der Waals surface area contributed by atoms with Gasteiger partial charge in [0.25, 0.3) is 5.56 Å². The molecule has 30 heavy (non-hydrogen) atoms. The highest BCUT2D eigenvalue weighted by atomic mass is 32.2. The minimum absolute atomic E-state index is 0.0526. The highest BCUT2D eigenvalue weighted by molar-refractivity contribution is 8.00. The van der Waals surface area contributed by atoms with Gasteiger partial charge in [-0.05, 0) is 56.5 Å². The number of thioether (sulfide) groups is 1. The van der Waals surface area contributed by atoms with E-state index in [1.165, 1.54) is 17.8 Å². The Morgan fingerprint density at radius 1 is 1.23 bits per heavy atom. The fourth-order valence-corrected chi connectivity index (χ4v) is 4.80. The topological polar surface area (TPSA) is 64.0 Å². The molecule has 1 unspecified atom stereocenters. The van der Waals surface area contributed by atoms with Crippen LogP contribution >= 0.6 is 11.8 Å². The van der Waals surface area contributed by atoms with Crippen molar-refractivity contribution >= 4 is 34.3 Å². The fourth-order valence-electron chi connectivity index (χ4n) is 3.82. The van der Waals surface area contributed by atoms with E-state index >= 15 is 0 Å². The van der Waals surface area contributed by atoms with Crippen LogP contribution in [0.2, 0.25) is 0 Å². The van der Waals surface area contributed by atoms with Gasteiger partial charge < -0.3 is 5.32 Å². The molecule has 1 atom stereocenters. The molecule has 1 saturated carbocycles. The molecule has 1 fully saturated rings. The van der Waals surface area contributed by atoms with E-state index in [0.29, 0.717) is 27.3 Å². The number of carbonyl (C=O) groups is 1. The number of nitrogens with one attached hydrogen (secondary N) is 1. The molecule has 1 heterocycles. The zero-order valence-electron chi connectivity index (χ0n) is 17.0. The van der Waals surface area contributed by atoms with E-state index in [2.05, 4.69) is 5.32 Å². The number of anilines is 1. The van der Waals surface area contributed by atoms with Crippen molar-refractivity contribution in [1.29, 1.82) is 0 Å². The molecule has 1 N–H and O–H groups in total. The summed E-state index contributed by atoms with van der Waals surface area (Å²) in [5, 5.41) is 3.41. The van der Waals surface area contributed by atoms with Gasteiger partial charge in [-0.15, -0.1) is 0 Å². The Balaban J connectivity index is 1.63. The first-order valence-electron chi connectivity index (χ1n) is 10.2. The second-order valence-corrected chi connectivity index (χ2v) is 9.05. The first-order valence-corrected chi connectivity index (χ1v) is 11.1. The number of rotatable bonds is 5. The van der Waals surface area contributed by atoms with Crippen molar-refractivity contribution in [2.24, 2.45) is 0 Å². The lowest BCUT2D eigenvalue weighted by molar-refractivity contribution is -0.115. The number of halogens is 1. The fraction of sp³-hybridized carbons (Fsp3) is 0.348. The predicted octanol–water partition coefficient (Wildman–Crippen LogP) is 5.08. The highest BCUT2D eigenvalue weighted by Crippen LogP contribution is 2.33. The van der Waals surface area contributed by atoms with E-state index in [0.717, 1.165) is 25.7 Å². The van der Waals surface area contributed by atoms with Gasteiger partial charge in [0.2, 0.25) is 5.91 Å². The van der Waals surface area contributed by atoms with Crippen molar-refractivity contribution in [3.05, 3.63) is 64.2 Å². The Kier molecular flexibility index (Phi) is 5.90. The number of carbonyl (C=O) groups excluding carboxylic acids is 1. The van der Waals surface area contributed by atoms with Crippen molar-refractivity contribution in [2.45, 2.75) is 56.0 Å². The third-order valence-electron chi connectivity index (χ3n) is 5.56. The van der Waals surface area contributed by atoms with Gasteiger partial charge in [-0.3, -0.25) is 14.2 Å². The molecule has 1 aliphatic rings. The monoisotopic (exact) mass is 425 g/mol. The molecular weight excluding hydrogens is 401 g/mol. The number of hydrogen-bond acceptors (Lipinski definition) is 4. The van der Waals surface area contributed by atoms with E-state index in [1.807, 2.05) is 18.2 Å². The summed E-state index contributed by atoms with van der Waals surface area (Å²) in [7, 11) is 0. The lowest BCUT2D eigenvalue weighted by Crippen LogP contribution is -2.29. The zero-order chi connectivity index (χ0) is 21.3. The molecule has 0 bridgehead atoms. The summed E-state index contributed by atoms with van der Waals surface area (Å²) in [6.07, 6.45) is 4.06. The number of amides is 1. The van der Waals surface area contributed by atoms with Crippen LogP contribution in [0.25, 0.3) is 10.9 Å². The Labute approximate surface area is 178 Å². The van der Waals surface area contributed by atoms with E-state index in [9.17, 15) is 14.0 Å². The van der Waals surface area contributed by atoms with Gasteiger partial charge in [0, 0.05) is 11.7 Å². The van der Waals surface area contributed by atoms with Gasteiger partial charge in [0.05, 0.1) is 16.2 Å². The van der Waals surface area contributed by atoms with Gasteiger partial charge in [0.1, 0.15) is 5.82 Å². The Bertz CT molecular complexity index is 1150. The van der Waals surface area contributed by atoms with Gasteiger partial charge in [0.15, 0.2) is 5.16 Å². The van der Waals surface area contributed by atoms with Crippen molar-refractivity contribution < 1.29 is 9.18 Å². The molecule has 1 amide bonds. The van der Waals surface area contributed by atoms with E-state index < -0.39 is 5.25 Å². The quantitative estimate of drug-likeness (QED) is 0.457. The maximum absolute atomic E-state index is 13.8. The number of benzene rings is 2. The smallest absolute Gasteiger partial charge is 0.262 e. The van der Waals surface area contributed by atoms with Gasteiger partial charge in [-0.25, -0.2) is 9.37 Å². The largest absolute Gasteiger partial charge is 0.325 e. The predicted molar refractivity (Wildman–Crippen MR) is 119 cm³/mol. The van der Waals surface area contributed by atoms with Crippen molar-refractivity contribution in [2.75, 3.05) is 5.32 Å². The summed E-state index contributed by atoms with van der Waals surface area (Å²) in [4.78, 5) is 30.7. The summed E-state index contributed by atoms with van der Waals surface area (Å²) in [5.41, 5.74) is 1.52. The normalized spacial score (nSPS) is 15.4. The third-order valence-corrected chi connectivity index (χ3v) is 6.62. The van der Waals surface area contributed by atoms with Crippen molar-refractivity contribution in [1.82, 2.24) is 9.55 Å². The molecule has 7 heteroatoms. The average molecular weight is 426 g/mol. The van der Waals surface area contributed by atoms with Crippen LogP contribution < -0.4 is 10.9 Å². The molecule has 2 aromatic carbocycles. The summed E-state index contributed by atoms with van der Waals surface area (Å²) in [5.74, 6) is -0.622. The SMILES string of the molecule is Cc1ccc(NC(=O)C(C)Sc2nc3ccccc3c(=O)n2C2CCCC2)cc1F. The van der Waals surface area contributed by atoms with Gasteiger partial charge >= 0.3 is 0 Å². The third kappa shape index (κ3) is 4.12. The van der Waals surface area contributed by atoms with Gasteiger partial charge in [-0.1, -0.05) is 42.8 Å². The first kappa shape index (κ1) is 20.6. The second-order valence-electron chi connectivity index (χ2n) is 7.74. The second kappa shape index (κ2) is 8.60. The molecule has 0 radical (unpaired) electrons. The zero-order valence-corrected chi connectivity index (χ0v) is 17.8. The summed E-state index contributed by atoms with van der Waals surface area (Å²) in [6, 6.07) is 12.0.